The first-order valence-electron chi connectivity index (χ1n) is 34.9. The van der Waals surface area contributed by atoms with Gasteiger partial charge in [0, 0.05) is 80.7 Å². The molecule has 20 rings (SSSR count). The van der Waals surface area contributed by atoms with Crippen LogP contribution in [0.1, 0.15) is 86.5 Å². The number of aromatic nitrogens is 4. The van der Waals surface area contributed by atoms with E-state index >= 15 is 0 Å². The molecular formula is C92H68N4OS. The summed E-state index contributed by atoms with van der Waals surface area (Å²) in [6, 6.07) is 105. The van der Waals surface area contributed by atoms with Gasteiger partial charge in [0.25, 0.3) is 0 Å². The fourth-order valence-electron chi connectivity index (χ4n) is 17.2. The second-order valence-corrected chi connectivity index (χ2v) is 28.3. The zero-order chi connectivity index (χ0) is 64.7. The minimum absolute atomic E-state index is 0.157. The van der Waals surface area contributed by atoms with Crippen LogP contribution in [-0.2, 0) is 10.8 Å². The minimum Gasteiger partial charge on any atom is -0.455 e. The number of fused-ring (bicyclic) bond motifs is 16. The number of para-hydroxylation sites is 1. The van der Waals surface area contributed by atoms with E-state index in [4.69, 9.17) is 24.4 Å². The molecule has 2 fully saturated rings. The maximum Gasteiger partial charge on any atom is 0.160 e. The van der Waals surface area contributed by atoms with Crippen LogP contribution in [0.2, 0.25) is 0 Å². The summed E-state index contributed by atoms with van der Waals surface area (Å²) >= 11 is 1.89. The normalized spacial score (nSPS) is 14.7. The third kappa shape index (κ3) is 9.78. The van der Waals surface area contributed by atoms with Crippen molar-refractivity contribution in [1.82, 2.24) is 19.9 Å². The molecule has 2 saturated carbocycles. The van der Waals surface area contributed by atoms with Gasteiger partial charge in [-0.3, -0.25) is 0 Å². The standard InChI is InChI=1S/C46H34N2O.C46H34N2S/c2*1-4-13-30(14-5-1)41-29-42(31-15-6-2-7-16-31)48-45(47-41)33-22-24-43-38(28-33)36-19-12-18-34(44(36)49-43)32-21-23-40-37(27-32)35-17-8-9-20-39(35)46(40)25-10-3-11-26-46/h2*1-2,4-9,12-24,27-29H,3,10-11,25-26H2. The van der Waals surface area contributed by atoms with Crippen molar-refractivity contribution >= 4 is 53.4 Å². The first-order chi connectivity index (χ1) is 48.5. The van der Waals surface area contributed by atoms with Gasteiger partial charge in [0.1, 0.15) is 11.2 Å². The van der Waals surface area contributed by atoms with E-state index in [2.05, 4.69) is 243 Å². The Balaban J connectivity index is 0.000000137. The summed E-state index contributed by atoms with van der Waals surface area (Å²) in [4.78, 5) is 20.4. The molecule has 12 aromatic carbocycles. The van der Waals surface area contributed by atoms with Gasteiger partial charge in [-0.1, -0.05) is 269 Å². The van der Waals surface area contributed by atoms with E-state index in [1.54, 1.807) is 5.56 Å². The van der Waals surface area contributed by atoms with Gasteiger partial charge in [-0.15, -0.1) is 11.3 Å². The van der Waals surface area contributed by atoms with E-state index in [1.807, 2.05) is 59.9 Å². The first kappa shape index (κ1) is 58.2. The summed E-state index contributed by atoms with van der Waals surface area (Å²) in [5.41, 5.74) is 28.7. The Bertz CT molecular complexity index is 5290. The number of rotatable bonds is 8. The highest BCUT2D eigenvalue weighted by Crippen LogP contribution is 2.58. The highest BCUT2D eigenvalue weighted by molar-refractivity contribution is 7.26. The monoisotopic (exact) mass is 1280 g/mol. The molecule has 0 N–H and O–H groups in total. The lowest BCUT2D eigenvalue weighted by molar-refractivity contribution is 0.353. The summed E-state index contributed by atoms with van der Waals surface area (Å²) in [6.45, 7) is 0. The zero-order valence-electron chi connectivity index (χ0n) is 54.4. The van der Waals surface area contributed by atoms with Crippen LogP contribution in [0.15, 0.2) is 296 Å². The predicted molar refractivity (Wildman–Crippen MR) is 406 cm³/mol. The average Bonchev–Trinajstić information content (AvgIpc) is 1.56. The van der Waals surface area contributed by atoms with E-state index in [0.29, 0.717) is 5.82 Å². The number of thiophene rings is 1. The Kier molecular flexibility index (Phi) is 14.2. The molecular weight excluding hydrogens is 1210 g/mol. The largest absolute Gasteiger partial charge is 0.455 e. The summed E-state index contributed by atoms with van der Waals surface area (Å²) in [5, 5.41) is 4.70. The van der Waals surface area contributed by atoms with E-state index in [9.17, 15) is 0 Å². The SMILES string of the molecule is c1ccc(-c2cc(-c3ccccc3)nc(-c3ccc4oc5c(-c6ccc7c(c6)-c6ccccc6C76CCCCC6)cccc5c4c3)n2)cc1.c1ccc(-c2cc(-c3ccccc3)nc(-c3ccc4sc5c(-c6ccc7c(c6)-c6ccccc6C76CCCCC6)cccc5c4c3)n2)cc1. The van der Waals surface area contributed by atoms with E-state index < -0.39 is 0 Å². The summed E-state index contributed by atoms with van der Waals surface area (Å²) in [6.07, 6.45) is 12.9. The van der Waals surface area contributed by atoms with Crippen molar-refractivity contribution in [2.24, 2.45) is 0 Å². The zero-order valence-corrected chi connectivity index (χ0v) is 55.2. The van der Waals surface area contributed by atoms with E-state index in [1.165, 1.54) is 140 Å². The van der Waals surface area contributed by atoms with Crippen LogP contribution in [0.4, 0.5) is 0 Å². The Labute approximate surface area is 574 Å². The van der Waals surface area contributed by atoms with Gasteiger partial charge < -0.3 is 4.42 Å². The minimum atomic E-state index is 0.157. The molecule has 0 saturated heterocycles. The van der Waals surface area contributed by atoms with Crippen LogP contribution in [0, 0.1) is 0 Å². The molecule has 0 atom stereocenters. The molecule has 4 aromatic heterocycles. The Morgan fingerprint density at radius 1 is 0.265 bits per heavy atom. The van der Waals surface area contributed by atoms with Crippen LogP contribution in [0.5, 0.6) is 0 Å². The lowest BCUT2D eigenvalue weighted by atomic mass is 9.68. The number of furan rings is 1. The van der Waals surface area contributed by atoms with E-state index in [0.717, 1.165) is 89.5 Å². The number of nitrogens with zero attached hydrogens (tertiary/aromatic N) is 4. The third-order valence-electron chi connectivity index (χ3n) is 21.8. The van der Waals surface area contributed by atoms with Crippen LogP contribution < -0.4 is 0 Å². The first-order valence-corrected chi connectivity index (χ1v) is 35.7. The maximum absolute atomic E-state index is 6.67. The predicted octanol–water partition coefficient (Wildman–Crippen LogP) is 25.0. The highest BCUT2D eigenvalue weighted by atomic mass is 32.1. The summed E-state index contributed by atoms with van der Waals surface area (Å²) in [5.74, 6) is 1.44. The molecule has 4 heterocycles. The van der Waals surface area contributed by atoms with Gasteiger partial charge in [0.2, 0.25) is 0 Å². The molecule has 0 amide bonds. The fourth-order valence-corrected chi connectivity index (χ4v) is 18.4. The Morgan fingerprint density at radius 2 is 0.663 bits per heavy atom. The van der Waals surface area contributed by atoms with Gasteiger partial charge >= 0.3 is 0 Å². The molecule has 5 nitrogen and oxygen atoms in total. The summed E-state index contributed by atoms with van der Waals surface area (Å²) < 4.78 is 9.28. The Hall–Kier alpha value is -11.2. The number of hydrogen-bond donors (Lipinski definition) is 0. The average molecular weight is 1280 g/mol. The van der Waals surface area contributed by atoms with Crippen LogP contribution in [0.25, 0.3) is 154 Å². The second-order valence-electron chi connectivity index (χ2n) is 27.3. The Morgan fingerprint density at radius 3 is 1.16 bits per heavy atom. The molecule has 0 bridgehead atoms. The topological polar surface area (TPSA) is 64.7 Å². The molecule has 468 valence electrons. The van der Waals surface area contributed by atoms with Gasteiger partial charge in [-0.05, 0) is 148 Å². The maximum atomic E-state index is 6.67. The van der Waals surface area contributed by atoms with Gasteiger partial charge in [-0.25, -0.2) is 19.9 Å². The lowest BCUT2D eigenvalue weighted by Gasteiger charge is -2.36. The molecule has 16 aromatic rings. The molecule has 0 radical (unpaired) electrons. The molecule has 2 spiro atoms. The quantitative estimate of drug-likeness (QED) is 0.152. The van der Waals surface area contributed by atoms with Crippen LogP contribution in [-0.4, -0.2) is 19.9 Å². The fraction of sp³-hybridized carbons (Fsp3) is 0.130. The number of hydrogen-bond acceptors (Lipinski definition) is 6. The van der Waals surface area contributed by atoms with Crippen molar-refractivity contribution in [2.75, 3.05) is 0 Å². The van der Waals surface area contributed by atoms with Gasteiger partial charge in [0.05, 0.1) is 22.8 Å². The van der Waals surface area contributed by atoms with Crippen molar-refractivity contribution in [3.63, 3.8) is 0 Å². The molecule has 98 heavy (non-hydrogen) atoms. The molecule has 6 heteroatoms. The molecule has 4 aliphatic rings. The molecule has 0 aliphatic heterocycles. The third-order valence-corrected chi connectivity index (χ3v) is 23.0. The van der Waals surface area contributed by atoms with Crippen molar-refractivity contribution in [3.05, 3.63) is 313 Å². The smallest absolute Gasteiger partial charge is 0.160 e. The van der Waals surface area contributed by atoms with Crippen molar-refractivity contribution in [3.8, 4) is 112 Å². The highest BCUT2D eigenvalue weighted by Gasteiger charge is 2.45. The molecule has 4 aliphatic carbocycles. The lowest BCUT2D eigenvalue weighted by Crippen LogP contribution is -2.27. The second kappa shape index (κ2) is 23.9. The van der Waals surface area contributed by atoms with Gasteiger partial charge in [0.15, 0.2) is 11.6 Å². The van der Waals surface area contributed by atoms with Crippen molar-refractivity contribution in [1.29, 1.82) is 0 Å². The van der Waals surface area contributed by atoms with Crippen molar-refractivity contribution in [2.45, 2.75) is 75.0 Å². The number of benzene rings is 12. The molecule has 0 unspecified atom stereocenters. The van der Waals surface area contributed by atoms with E-state index in [-0.39, 0.29) is 10.8 Å². The summed E-state index contributed by atoms with van der Waals surface area (Å²) in [7, 11) is 0. The van der Waals surface area contributed by atoms with Crippen LogP contribution in [0.3, 0.4) is 0 Å². The van der Waals surface area contributed by atoms with Crippen LogP contribution >= 0.6 is 11.3 Å². The van der Waals surface area contributed by atoms with Crippen molar-refractivity contribution < 1.29 is 4.42 Å². The van der Waals surface area contributed by atoms with Gasteiger partial charge in [-0.2, -0.15) is 0 Å².